The summed E-state index contributed by atoms with van der Waals surface area (Å²) in [5.41, 5.74) is 0.347. The normalized spacial score (nSPS) is 26.0. The molecule has 1 spiro atoms. The van der Waals surface area contributed by atoms with E-state index in [0.29, 0.717) is 17.4 Å². The van der Waals surface area contributed by atoms with Gasteiger partial charge in [0.25, 0.3) is 0 Å². The molecule has 1 atom stereocenters. The molecule has 1 aromatic heterocycles. The van der Waals surface area contributed by atoms with E-state index in [2.05, 4.69) is 39.3 Å². The minimum absolute atomic E-state index is 0.284. The monoisotopic (exact) mass is 404 g/mol. The number of rotatable bonds is 7. The van der Waals surface area contributed by atoms with Crippen LogP contribution in [0.4, 0.5) is 0 Å². The number of thiazole rings is 1. The quantitative estimate of drug-likeness (QED) is 0.757. The van der Waals surface area contributed by atoms with E-state index in [-0.39, 0.29) is 5.91 Å². The third-order valence-electron chi connectivity index (χ3n) is 6.98. The van der Waals surface area contributed by atoms with Gasteiger partial charge in [0.1, 0.15) is 5.01 Å². The van der Waals surface area contributed by atoms with Crippen molar-refractivity contribution in [2.45, 2.75) is 65.0 Å². The molecule has 1 unspecified atom stereocenters. The predicted molar refractivity (Wildman–Crippen MR) is 114 cm³/mol. The summed E-state index contributed by atoms with van der Waals surface area (Å²) in [6.07, 6.45) is 9.16. The van der Waals surface area contributed by atoms with Crippen LogP contribution in [0.15, 0.2) is 11.6 Å². The van der Waals surface area contributed by atoms with Gasteiger partial charge in [0, 0.05) is 36.6 Å². The number of carbonyl (C=O) groups is 1. The molecule has 1 aliphatic carbocycles. The molecular weight excluding hydrogens is 368 g/mol. The van der Waals surface area contributed by atoms with Gasteiger partial charge in [-0.15, -0.1) is 11.3 Å². The molecule has 156 valence electrons. The smallest absolute Gasteiger partial charge is 0.223 e. The number of aromatic nitrogens is 1. The van der Waals surface area contributed by atoms with Crippen LogP contribution in [-0.2, 0) is 11.3 Å². The van der Waals surface area contributed by atoms with E-state index in [1.807, 2.05) is 6.20 Å². The van der Waals surface area contributed by atoms with Crippen molar-refractivity contribution in [3.05, 3.63) is 16.6 Å². The second kappa shape index (κ2) is 8.80. The zero-order chi connectivity index (χ0) is 19.6. The van der Waals surface area contributed by atoms with Crippen LogP contribution >= 0.6 is 11.3 Å². The third kappa shape index (κ3) is 4.77. The van der Waals surface area contributed by atoms with E-state index in [9.17, 15) is 4.79 Å². The highest BCUT2D eigenvalue weighted by atomic mass is 32.1. The van der Waals surface area contributed by atoms with Gasteiger partial charge >= 0.3 is 0 Å². The van der Waals surface area contributed by atoms with Gasteiger partial charge in [-0.2, -0.15) is 0 Å². The number of hydrogen-bond acceptors (Lipinski definition) is 5. The van der Waals surface area contributed by atoms with Crippen molar-refractivity contribution in [2.75, 3.05) is 32.7 Å². The molecule has 6 heteroatoms. The Morgan fingerprint density at radius 1 is 1.29 bits per heavy atom. The number of amides is 1. The van der Waals surface area contributed by atoms with Crippen LogP contribution in [0.5, 0.6) is 0 Å². The summed E-state index contributed by atoms with van der Waals surface area (Å²) in [5.74, 6) is 1.31. The first-order chi connectivity index (χ1) is 13.6. The van der Waals surface area contributed by atoms with Gasteiger partial charge < -0.3 is 10.2 Å². The Morgan fingerprint density at radius 2 is 2.07 bits per heavy atom. The molecule has 3 aliphatic rings. The Labute approximate surface area is 173 Å². The molecule has 5 nitrogen and oxygen atoms in total. The molecule has 2 aliphatic heterocycles. The lowest BCUT2D eigenvalue weighted by Gasteiger charge is -2.53. The summed E-state index contributed by atoms with van der Waals surface area (Å²) in [7, 11) is 0. The molecule has 1 N–H and O–H groups in total. The lowest BCUT2D eigenvalue weighted by molar-refractivity contribution is -0.123. The van der Waals surface area contributed by atoms with Gasteiger partial charge in [0.2, 0.25) is 5.91 Å². The molecule has 0 bridgehead atoms. The summed E-state index contributed by atoms with van der Waals surface area (Å²) in [4.78, 5) is 22.2. The van der Waals surface area contributed by atoms with E-state index in [4.69, 9.17) is 0 Å². The maximum absolute atomic E-state index is 12.4. The van der Waals surface area contributed by atoms with Gasteiger partial charge in [0.15, 0.2) is 0 Å². The minimum Gasteiger partial charge on any atom is -0.354 e. The topological polar surface area (TPSA) is 48.5 Å². The Morgan fingerprint density at radius 3 is 2.71 bits per heavy atom. The maximum Gasteiger partial charge on any atom is 0.223 e. The van der Waals surface area contributed by atoms with Gasteiger partial charge in [-0.25, -0.2) is 4.98 Å². The van der Waals surface area contributed by atoms with Gasteiger partial charge in [-0.1, -0.05) is 13.8 Å². The van der Waals surface area contributed by atoms with Crippen LogP contribution in [0.2, 0.25) is 0 Å². The van der Waals surface area contributed by atoms with Crippen molar-refractivity contribution in [1.82, 2.24) is 20.1 Å². The predicted octanol–water partition coefficient (Wildman–Crippen LogP) is 3.37. The maximum atomic E-state index is 12.4. The van der Waals surface area contributed by atoms with Crippen molar-refractivity contribution in [3.63, 3.8) is 0 Å². The summed E-state index contributed by atoms with van der Waals surface area (Å²) < 4.78 is 0. The average Bonchev–Trinajstić information content (AvgIpc) is 3.40. The fourth-order valence-electron chi connectivity index (χ4n) is 5.35. The second-order valence-electron chi connectivity index (χ2n) is 9.59. The molecule has 3 fully saturated rings. The van der Waals surface area contributed by atoms with E-state index < -0.39 is 0 Å². The summed E-state index contributed by atoms with van der Waals surface area (Å²) in [6.45, 7) is 11.1. The highest BCUT2D eigenvalue weighted by Crippen LogP contribution is 2.45. The Hall–Kier alpha value is -0.980. The van der Waals surface area contributed by atoms with Crippen LogP contribution in [0.25, 0.3) is 0 Å². The van der Waals surface area contributed by atoms with Crippen LogP contribution < -0.4 is 5.32 Å². The number of piperidine rings is 2. The highest BCUT2D eigenvalue weighted by Gasteiger charge is 2.46. The van der Waals surface area contributed by atoms with Gasteiger partial charge in [0.05, 0.1) is 6.54 Å². The summed E-state index contributed by atoms with van der Waals surface area (Å²) in [5, 5.41) is 6.60. The Bertz CT molecular complexity index is 635. The SMILES string of the molecule is CC(C)CN1CCC2(CCCN(Cc3nccs3)C2CNC(=O)C2CC2)CC1. The molecule has 1 aromatic rings. The molecule has 28 heavy (non-hydrogen) atoms. The first-order valence-corrected chi connectivity index (χ1v) is 12.1. The number of hydrogen-bond donors (Lipinski definition) is 1. The fraction of sp³-hybridized carbons (Fsp3) is 0.818. The number of likely N-dealkylation sites (tertiary alicyclic amines) is 2. The molecule has 1 amide bonds. The van der Waals surface area contributed by atoms with Crippen molar-refractivity contribution < 1.29 is 4.79 Å². The van der Waals surface area contributed by atoms with Crippen molar-refractivity contribution >= 4 is 17.2 Å². The summed E-state index contributed by atoms with van der Waals surface area (Å²) in [6, 6.07) is 0.439. The van der Waals surface area contributed by atoms with E-state index in [0.717, 1.165) is 38.4 Å². The molecule has 0 radical (unpaired) electrons. The lowest BCUT2D eigenvalue weighted by atomic mass is 9.66. The van der Waals surface area contributed by atoms with Crippen LogP contribution in [0.3, 0.4) is 0 Å². The van der Waals surface area contributed by atoms with Crippen molar-refractivity contribution in [2.24, 2.45) is 17.3 Å². The Kier molecular flexibility index (Phi) is 6.38. The molecule has 0 aromatic carbocycles. The van der Waals surface area contributed by atoms with E-state index in [1.165, 1.54) is 50.3 Å². The van der Waals surface area contributed by atoms with Crippen LogP contribution in [-0.4, -0.2) is 59.5 Å². The first-order valence-electron chi connectivity index (χ1n) is 11.2. The first kappa shape index (κ1) is 20.3. The molecule has 4 rings (SSSR count). The third-order valence-corrected chi connectivity index (χ3v) is 7.75. The molecule has 1 saturated carbocycles. The van der Waals surface area contributed by atoms with E-state index in [1.54, 1.807) is 11.3 Å². The van der Waals surface area contributed by atoms with Crippen LogP contribution in [0.1, 0.15) is 57.4 Å². The highest BCUT2D eigenvalue weighted by molar-refractivity contribution is 7.09. The number of nitrogens with zero attached hydrogens (tertiary/aromatic N) is 3. The van der Waals surface area contributed by atoms with E-state index >= 15 is 0 Å². The standard InChI is InChI=1S/C22H36N4OS/c1-17(2)15-25-11-7-22(8-12-25)6-3-10-26(16-20-23-9-13-28-20)19(22)14-24-21(27)18-4-5-18/h9,13,17-19H,3-8,10-12,14-16H2,1-2H3,(H,24,27). The van der Waals surface area contributed by atoms with Crippen molar-refractivity contribution in [1.29, 1.82) is 0 Å². The Balaban J connectivity index is 1.46. The number of carbonyl (C=O) groups excluding carboxylic acids is 1. The average molecular weight is 405 g/mol. The molecule has 2 saturated heterocycles. The van der Waals surface area contributed by atoms with Gasteiger partial charge in [-0.05, 0) is 69.5 Å². The fourth-order valence-corrected chi connectivity index (χ4v) is 5.99. The number of nitrogens with one attached hydrogen (secondary N) is 1. The minimum atomic E-state index is 0.284. The zero-order valence-corrected chi connectivity index (χ0v) is 18.3. The second-order valence-corrected chi connectivity index (χ2v) is 10.6. The van der Waals surface area contributed by atoms with Crippen LogP contribution in [0, 0.1) is 17.3 Å². The molecular formula is C22H36N4OS. The molecule has 3 heterocycles. The van der Waals surface area contributed by atoms with Gasteiger partial charge in [-0.3, -0.25) is 9.69 Å². The lowest BCUT2D eigenvalue weighted by Crippen LogP contribution is -2.60. The largest absolute Gasteiger partial charge is 0.354 e. The van der Waals surface area contributed by atoms with Crippen molar-refractivity contribution in [3.8, 4) is 0 Å². The summed E-state index contributed by atoms with van der Waals surface area (Å²) >= 11 is 1.75. The zero-order valence-electron chi connectivity index (χ0n) is 17.5.